The van der Waals surface area contributed by atoms with Crippen LogP contribution in [0.3, 0.4) is 0 Å². The van der Waals surface area contributed by atoms with E-state index in [1.54, 1.807) is 29.8 Å². The molecule has 6 heteroatoms. The Kier molecular flexibility index (Phi) is 4.48. The van der Waals surface area contributed by atoms with E-state index in [0.29, 0.717) is 11.6 Å². The molecule has 1 heterocycles. The summed E-state index contributed by atoms with van der Waals surface area (Å²) in [6.45, 7) is 0.390. The number of amides is 1. The monoisotopic (exact) mass is 288 g/mol. The Morgan fingerprint density at radius 2 is 2.44 bits per heavy atom. The fraction of sp³-hybridized carbons (Fsp3) is 0.417. The largest absolute Gasteiger partial charge is 0.340 e. The summed E-state index contributed by atoms with van der Waals surface area (Å²) in [6.07, 6.45) is 0. The molecule has 0 aromatic heterocycles. The first-order valence-corrected chi connectivity index (χ1v) is 7.11. The van der Waals surface area contributed by atoms with Gasteiger partial charge in [-0.15, -0.1) is 11.8 Å². The van der Waals surface area contributed by atoms with Crippen LogP contribution in [0.25, 0.3) is 0 Å². The highest BCUT2D eigenvalue weighted by atomic mass is 35.5. The summed E-state index contributed by atoms with van der Waals surface area (Å²) in [5.41, 5.74) is 0.750. The fourth-order valence-electron chi connectivity index (χ4n) is 1.80. The highest BCUT2D eigenvalue weighted by Gasteiger charge is 2.25. The molecule has 1 atom stereocenters. The number of nitrogens with zero attached hydrogens (tertiary/aromatic N) is 1. The van der Waals surface area contributed by atoms with Gasteiger partial charge in [0.1, 0.15) is 5.82 Å². The fourth-order valence-corrected chi connectivity index (χ4v) is 2.96. The molecule has 1 aliphatic rings. The van der Waals surface area contributed by atoms with E-state index >= 15 is 0 Å². The van der Waals surface area contributed by atoms with E-state index < -0.39 is 0 Å². The molecule has 0 aliphatic carbocycles. The van der Waals surface area contributed by atoms with Crippen LogP contribution in [0.2, 0.25) is 5.02 Å². The van der Waals surface area contributed by atoms with E-state index in [2.05, 4.69) is 5.32 Å². The third-order valence-corrected chi connectivity index (χ3v) is 4.10. The van der Waals surface area contributed by atoms with Gasteiger partial charge in [0.2, 0.25) is 5.91 Å². The average Bonchev–Trinajstić information content (AvgIpc) is 2.85. The molecule has 18 heavy (non-hydrogen) atoms. The van der Waals surface area contributed by atoms with Gasteiger partial charge >= 0.3 is 0 Å². The summed E-state index contributed by atoms with van der Waals surface area (Å²) in [5.74, 6) is 1.27. The van der Waals surface area contributed by atoms with Gasteiger partial charge in [-0.05, 0) is 17.7 Å². The van der Waals surface area contributed by atoms with Gasteiger partial charge in [0.05, 0.1) is 6.04 Å². The molecule has 1 aromatic carbocycles. The lowest BCUT2D eigenvalue weighted by Crippen LogP contribution is -2.42. The van der Waals surface area contributed by atoms with Crippen LogP contribution < -0.4 is 5.32 Å². The van der Waals surface area contributed by atoms with Gasteiger partial charge in [-0.3, -0.25) is 10.1 Å². The van der Waals surface area contributed by atoms with Gasteiger partial charge in [0.25, 0.3) is 0 Å². The van der Waals surface area contributed by atoms with Crippen molar-refractivity contribution < 1.29 is 9.18 Å². The molecule has 1 fully saturated rings. The van der Waals surface area contributed by atoms with Crippen LogP contribution in [0, 0.1) is 5.82 Å². The van der Waals surface area contributed by atoms with E-state index in [1.165, 1.54) is 12.1 Å². The minimum absolute atomic E-state index is 0.0420. The van der Waals surface area contributed by atoms with E-state index in [0.717, 1.165) is 17.2 Å². The van der Waals surface area contributed by atoms with Crippen LogP contribution in [-0.4, -0.2) is 35.5 Å². The van der Waals surface area contributed by atoms with Crippen molar-refractivity contribution in [1.82, 2.24) is 10.2 Å². The van der Waals surface area contributed by atoms with Crippen LogP contribution in [0.15, 0.2) is 18.2 Å². The second-order valence-corrected chi connectivity index (χ2v) is 5.64. The Hall–Kier alpha value is -0.780. The Morgan fingerprint density at radius 1 is 1.67 bits per heavy atom. The first-order valence-electron chi connectivity index (χ1n) is 5.58. The molecule has 0 spiro atoms. The minimum Gasteiger partial charge on any atom is -0.340 e. The standard InChI is InChI=1S/C12H14ClFN2OS/c1-16(12(17)11-6-18-7-15-11)5-8-2-3-9(14)4-10(8)13/h2-4,11,15H,5-7H2,1H3/t11-/m1/s1. The zero-order chi connectivity index (χ0) is 13.1. The lowest BCUT2D eigenvalue weighted by Gasteiger charge is -2.21. The molecule has 0 radical (unpaired) electrons. The number of hydrogen-bond donors (Lipinski definition) is 1. The molecule has 98 valence electrons. The normalized spacial score (nSPS) is 18.9. The van der Waals surface area contributed by atoms with Gasteiger partial charge in [0, 0.05) is 30.2 Å². The molecular weight excluding hydrogens is 275 g/mol. The molecule has 1 aromatic rings. The number of likely N-dealkylation sites (N-methyl/N-ethyl adjacent to an activating group) is 1. The Morgan fingerprint density at radius 3 is 3.06 bits per heavy atom. The Balaban J connectivity index is 2.01. The second kappa shape index (κ2) is 5.91. The third-order valence-electron chi connectivity index (χ3n) is 2.81. The van der Waals surface area contributed by atoms with Crippen molar-refractivity contribution in [2.75, 3.05) is 18.7 Å². The molecular formula is C12H14ClFN2OS. The van der Waals surface area contributed by atoms with Crippen molar-refractivity contribution in [3.8, 4) is 0 Å². The molecule has 0 unspecified atom stereocenters. The molecule has 0 saturated carbocycles. The number of benzene rings is 1. The first kappa shape index (κ1) is 13.6. The summed E-state index contributed by atoms with van der Waals surface area (Å²) in [7, 11) is 1.73. The summed E-state index contributed by atoms with van der Waals surface area (Å²) >= 11 is 7.65. The predicted molar refractivity (Wildman–Crippen MR) is 72.1 cm³/mol. The number of rotatable bonds is 3. The quantitative estimate of drug-likeness (QED) is 0.924. The summed E-state index contributed by atoms with van der Waals surface area (Å²) in [6, 6.07) is 4.10. The van der Waals surface area contributed by atoms with Gasteiger partial charge in [-0.1, -0.05) is 17.7 Å². The van der Waals surface area contributed by atoms with Gasteiger partial charge in [0.15, 0.2) is 0 Å². The Bertz CT molecular complexity index is 452. The van der Waals surface area contributed by atoms with E-state index in [9.17, 15) is 9.18 Å². The molecule has 1 aliphatic heterocycles. The van der Waals surface area contributed by atoms with Crippen molar-refractivity contribution in [2.24, 2.45) is 0 Å². The number of halogens is 2. The van der Waals surface area contributed by atoms with Gasteiger partial charge in [-0.2, -0.15) is 0 Å². The summed E-state index contributed by atoms with van der Waals surface area (Å²) < 4.78 is 12.9. The molecule has 1 amide bonds. The van der Waals surface area contributed by atoms with Crippen molar-refractivity contribution in [1.29, 1.82) is 0 Å². The Labute approximate surface area is 115 Å². The third kappa shape index (κ3) is 3.16. The maximum atomic E-state index is 12.9. The summed E-state index contributed by atoms with van der Waals surface area (Å²) in [4.78, 5) is 13.7. The molecule has 0 bridgehead atoms. The van der Waals surface area contributed by atoms with Crippen molar-refractivity contribution >= 4 is 29.3 Å². The number of carbonyl (C=O) groups is 1. The van der Waals surface area contributed by atoms with Crippen molar-refractivity contribution in [3.63, 3.8) is 0 Å². The zero-order valence-electron chi connectivity index (χ0n) is 9.95. The number of nitrogens with one attached hydrogen (secondary N) is 1. The average molecular weight is 289 g/mol. The maximum absolute atomic E-state index is 12.9. The highest BCUT2D eigenvalue weighted by molar-refractivity contribution is 7.99. The molecule has 1 N–H and O–H groups in total. The highest BCUT2D eigenvalue weighted by Crippen LogP contribution is 2.19. The topological polar surface area (TPSA) is 32.3 Å². The smallest absolute Gasteiger partial charge is 0.240 e. The number of thioether (sulfide) groups is 1. The van der Waals surface area contributed by atoms with Crippen LogP contribution in [0.5, 0.6) is 0 Å². The van der Waals surface area contributed by atoms with Crippen LogP contribution in [0.1, 0.15) is 5.56 Å². The number of hydrogen-bond acceptors (Lipinski definition) is 3. The van der Waals surface area contributed by atoms with E-state index in [4.69, 9.17) is 11.6 Å². The lowest BCUT2D eigenvalue weighted by atomic mass is 10.2. The molecule has 3 nitrogen and oxygen atoms in total. The van der Waals surface area contributed by atoms with Gasteiger partial charge in [-0.25, -0.2) is 4.39 Å². The summed E-state index contributed by atoms with van der Waals surface area (Å²) in [5, 5.41) is 3.48. The van der Waals surface area contributed by atoms with Crippen LogP contribution in [0.4, 0.5) is 4.39 Å². The zero-order valence-corrected chi connectivity index (χ0v) is 11.5. The van der Waals surface area contributed by atoms with E-state index in [-0.39, 0.29) is 17.8 Å². The molecule has 2 rings (SSSR count). The SMILES string of the molecule is CN(Cc1ccc(F)cc1Cl)C(=O)[C@H]1CSCN1. The minimum atomic E-state index is -0.369. The van der Waals surface area contributed by atoms with Gasteiger partial charge < -0.3 is 4.90 Å². The lowest BCUT2D eigenvalue weighted by molar-refractivity contribution is -0.131. The molecule has 1 saturated heterocycles. The van der Waals surface area contributed by atoms with Crippen molar-refractivity contribution in [2.45, 2.75) is 12.6 Å². The number of carbonyl (C=O) groups excluding carboxylic acids is 1. The second-order valence-electron chi connectivity index (χ2n) is 4.20. The van der Waals surface area contributed by atoms with Crippen LogP contribution in [-0.2, 0) is 11.3 Å². The van der Waals surface area contributed by atoms with E-state index in [1.807, 2.05) is 0 Å². The predicted octanol–water partition coefficient (Wildman–Crippen LogP) is 2.10. The van der Waals surface area contributed by atoms with Crippen molar-refractivity contribution in [3.05, 3.63) is 34.6 Å². The first-order chi connectivity index (χ1) is 8.58. The maximum Gasteiger partial charge on any atom is 0.240 e. The van der Waals surface area contributed by atoms with Crippen LogP contribution >= 0.6 is 23.4 Å².